The minimum atomic E-state index is -3.25. The lowest BCUT2D eigenvalue weighted by atomic mass is 9.70. The van der Waals surface area contributed by atoms with Crippen LogP contribution >= 0.6 is 0 Å². The minimum absolute atomic E-state index is 0.0336. The van der Waals surface area contributed by atoms with Gasteiger partial charge in [-0.05, 0) is 44.9 Å². The Morgan fingerprint density at radius 1 is 1.28 bits per heavy atom. The molecule has 0 aromatic carbocycles. The molecule has 0 aliphatic heterocycles. The molecule has 0 saturated heterocycles. The molecule has 2 fully saturated rings. The van der Waals surface area contributed by atoms with Crippen molar-refractivity contribution < 1.29 is 13.2 Å². The van der Waals surface area contributed by atoms with E-state index in [2.05, 4.69) is 13.8 Å². The number of Topliss-reactive ketones (excluding diaryl/α,β-unsaturated/α-hetero) is 1. The quantitative estimate of drug-likeness (QED) is 0.776. The fourth-order valence-corrected chi connectivity index (χ4v) is 5.41. The van der Waals surface area contributed by atoms with Crippen LogP contribution in [0, 0.1) is 16.7 Å². The van der Waals surface area contributed by atoms with Gasteiger partial charge >= 0.3 is 0 Å². The number of hydrogen-bond donors (Lipinski definition) is 0. The Bertz CT molecular complexity index is 482. The molecule has 0 heterocycles. The van der Waals surface area contributed by atoms with E-state index in [9.17, 15) is 13.2 Å². The van der Waals surface area contributed by atoms with Crippen molar-refractivity contribution in [3.05, 3.63) is 0 Å². The molecule has 0 radical (unpaired) electrons. The Labute approximate surface area is 110 Å². The van der Waals surface area contributed by atoms with Crippen LogP contribution in [0.15, 0.2) is 0 Å². The lowest BCUT2D eigenvalue weighted by Crippen LogP contribution is -2.46. The van der Waals surface area contributed by atoms with Crippen molar-refractivity contribution >= 4 is 15.6 Å². The highest BCUT2D eigenvalue weighted by molar-refractivity contribution is 7.92. The first-order valence-electron chi connectivity index (χ1n) is 6.70. The van der Waals surface area contributed by atoms with E-state index in [0.717, 1.165) is 12.8 Å². The van der Waals surface area contributed by atoms with Gasteiger partial charge in [-0.25, -0.2) is 8.42 Å². The molecule has 0 aromatic heterocycles. The van der Waals surface area contributed by atoms with E-state index in [4.69, 9.17) is 0 Å². The SMILES string of the molecule is CC1(C)C2CCC1(CS(=O)(=O)C(C)(C)C)C(=O)C2. The predicted molar refractivity (Wildman–Crippen MR) is 72.1 cm³/mol. The number of fused-ring (bicyclic) bond motifs is 2. The smallest absolute Gasteiger partial charge is 0.156 e. The van der Waals surface area contributed by atoms with Crippen LogP contribution in [-0.4, -0.2) is 24.7 Å². The molecule has 2 aliphatic rings. The van der Waals surface area contributed by atoms with Crippen LogP contribution in [0.5, 0.6) is 0 Å². The number of ketones is 1. The molecule has 0 spiro atoms. The maximum absolute atomic E-state index is 12.5. The summed E-state index contributed by atoms with van der Waals surface area (Å²) in [7, 11) is -3.25. The average Bonchev–Trinajstić information content (AvgIpc) is 2.48. The van der Waals surface area contributed by atoms with Crippen LogP contribution in [0.4, 0.5) is 0 Å². The molecular weight excluding hydrogens is 248 g/mol. The van der Waals surface area contributed by atoms with Crippen molar-refractivity contribution in [3.63, 3.8) is 0 Å². The molecule has 2 rings (SSSR count). The summed E-state index contributed by atoms with van der Waals surface area (Å²) in [5, 5.41) is 0. The fraction of sp³-hybridized carbons (Fsp3) is 0.929. The standard InChI is InChI=1S/C14H24O3S/c1-12(2,3)18(16,17)9-14-7-6-10(8-11(14)15)13(14,4)5/h10H,6-9H2,1-5H3. The predicted octanol–water partition coefficient (Wildman–Crippen LogP) is 2.60. The van der Waals surface area contributed by atoms with Crippen molar-refractivity contribution in [1.82, 2.24) is 0 Å². The number of carbonyl (C=O) groups is 1. The maximum atomic E-state index is 12.5. The summed E-state index contributed by atoms with van der Waals surface area (Å²) < 4.78 is 24.2. The van der Waals surface area contributed by atoms with Crippen molar-refractivity contribution in [2.24, 2.45) is 16.7 Å². The molecule has 2 atom stereocenters. The second-order valence-electron chi connectivity index (χ2n) is 7.54. The van der Waals surface area contributed by atoms with Crippen LogP contribution in [0.3, 0.4) is 0 Å². The van der Waals surface area contributed by atoms with Crippen LogP contribution in [0.1, 0.15) is 53.9 Å². The van der Waals surface area contributed by atoms with Crippen LogP contribution in [-0.2, 0) is 14.6 Å². The van der Waals surface area contributed by atoms with Crippen molar-refractivity contribution in [2.75, 3.05) is 5.75 Å². The van der Waals surface area contributed by atoms with Crippen LogP contribution in [0.2, 0.25) is 0 Å². The van der Waals surface area contributed by atoms with Crippen molar-refractivity contribution in [1.29, 1.82) is 0 Å². The Morgan fingerprint density at radius 2 is 1.83 bits per heavy atom. The van der Waals surface area contributed by atoms with Gasteiger partial charge < -0.3 is 0 Å². The normalized spacial score (nSPS) is 35.2. The summed E-state index contributed by atoms with van der Waals surface area (Å²) in [6, 6.07) is 0. The van der Waals surface area contributed by atoms with Gasteiger partial charge in [-0.3, -0.25) is 4.79 Å². The molecule has 4 heteroatoms. The van der Waals surface area contributed by atoms with Crippen LogP contribution in [0.25, 0.3) is 0 Å². The van der Waals surface area contributed by atoms with Crippen molar-refractivity contribution in [3.8, 4) is 0 Å². The Kier molecular flexibility index (Phi) is 2.80. The largest absolute Gasteiger partial charge is 0.299 e. The zero-order valence-electron chi connectivity index (χ0n) is 12.0. The summed E-state index contributed by atoms with van der Waals surface area (Å²) in [5.41, 5.74) is -0.786. The maximum Gasteiger partial charge on any atom is 0.156 e. The summed E-state index contributed by atoms with van der Waals surface area (Å²) in [6.07, 6.45) is 2.32. The number of sulfone groups is 1. The fourth-order valence-electron chi connectivity index (χ4n) is 3.65. The topological polar surface area (TPSA) is 51.2 Å². The van der Waals surface area contributed by atoms with Gasteiger partial charge in [-0.2, -0.15) is 0 Å². The second-order valence-corrected chi connectivity index (χ2v) is 10.3. The first-order valence-corrected chi connectivity index (χ1v) is 8.35. The molecule has 3 nitrogen and oxygen atoms in total. The van der Waals surface area contributed by atoms with Gasteiger partial charge in [0.1, 0.15) is 5.78 Å². The first-order chi connectivity index (χ1) is 7.94. The first kappa shape index (κ1) is 14.0. The molecule has 18 heavy (non-hydrogen) atoms. The average molecular weight is 272 g/mol. The van der Waals surface area contributed by atoms with Gasteiger partial charge in [0.25, 0.3) is 0 Å². The number of hydrogen-bond acceptors (Lipinski definition) is 3. The zero-order chi connectivity index (χ0) is 14.0. The highest BCUT2D eigenvalue weighted by Gasteiger charge is 2.65. The molecule has 2 bridgehead atoms. The summed E-state index contributed by atoms with van der Waals surface area (Å²) in [6.45, 7) is 9.31. The lowest BCUT2D eigenvalue weighted by molar-refractivity contribution is -0.128. The Hall–Kier alpha value is -0.380. The van der Waals surface area contributed by atoms with E-state index in [0.29, 0.717) is 12.3 Å². The van der Waals surface area contributed by atoms with Crippen LogP contribution < -0.4 is 0 Å². The molecule has 2 unspecified atom stereocenters. The summed E-state index contributed by atoms with van der Waals surface area (Å²) >= 11 is 0. The highest BCUT2D eigenvalue weighted by Crippen LogP contribution is 2.64. The Balaban J connectivity index is 2.42. The monoisotopic (exact) mass is 272 g/mol. The lowest BCUT2D eigenvalue weighted by Gasteiger charge is -2.38. The van der Waals surface area contributed by atoms with E-state index >= 15 is 0 Å². The molecule has 2 aliphatic carbocycles. The summed E-state index contributed by atoms with van der Waals surface area (Å²) in [4.78, 5) is 12.3. The molecule has 0 N–H and O–H groups in total. The van der Waals surface area contributed by atoms with Gasteiger partial charge in [0.2, 0.25) is 0 Å². The van der Waals surface area contributed by atoms with Gasteiger partial charge in [-0.1, -0.05) is 13.8 Å². The number of rotatable bonds is 2. The van der Waals surface area contributed by atoms with E-state index in [1.54, 1.807) is 20.8 Å². The third kappa shape index (κ3) is 1.60. The highest BCUT2D eigenvalue weighted by atomic mass is 32.2. The number of carbonyl (C=O) groups excluding carboxylic acids is 1. The van der Waals surface area contributed by atoms with Gasteiger partial charge in [0.15, 0.2) is 9.84 Å². The van der Waals surface area contributed by atoms with Crippen molar-refractivity contribution in [2.45, 2.75) is 58.6 Å². The molecule has 0 aromatic rings. The zero-order valence-corrected chi connectivity index (χ0v) is 12.9. The third-order valence-corrected chi connectivity index (χ3v) is 8.25. The third-order valence-electron chi connectivity index (χ3n) is 5.51. The summed E-state index contributed by atoms with van der Waals surface area (Å²) in [5.74, 6) is 0.586. The Morgan fingerprint density at radius 3 is 2.17 bits per heavy atom. The molecular formula is C14H24O3S. The van der Waals surface area contributed by atoms with E-state index in [1.165, 1.54) is 0 Å². The molecule has 104 valence electrons. The molecule has 2 saturated carbocycles. The van der Waals surface area contributed by atoms with Gasteiger partial charge in [0, 0.05) is 11.8 Å². The van der Waals surface area contributed by atoms with Gasteiger partial charge in [0.05, 0.1) is 10.5 Å². The molecule has 0 amide bonds. The van der Waals surface area contributed by atoms with Gasteiger partial charge in [-0.15, -0.1) is 0 Å². The second kappa shape index (κ2) is 3.59. The van der Waals surface area contributed by atoms with E-state index in [-0.39, 0.29) is 17.0 Å². The minimum Gasteiger partial charge on any atom is -0.299 e. The van der Waals surface area contributed by atoms with E-state index in [1.807, 2.05) is 0 Å². The van der Waals surface area contributed by atoms with E-state index < -0.39 is 20.0 Å².